The third kappa shape index (κ3) is 11.7. The first-order valence-corrected chi connectivity index (χ1v) is 19.1. The molecule has 4 aromatic rings. The van der Waals surface area contributed by atoms with Gasteiger partial charge in [0.2, 0.25) is 0 Å². The second-order valence-electron chi connectivity index (χ2n) is 9.71. The van der Waals surface area contributed by atoms with Gasteiger partial charge in [0.1, 0.15) is 0 Å². The van der Waals surface area contributed by atoms with E-state index >= 15 is 0 Å². The van der Waals surface area contributed by atoms with Crippen molar-refractivity contribution in [2.45, 2.75) is 54.2 Å². The van der Waals surface area contributed by atoms with Gasteiger partial charge in [-0.05, 0) is 83.1 Å². The first-order chi connectivity index (χ1) is 21.3. The zero-order valence-electron chi connectivity index (χ0n) is 26.1. The highest BCUT2D eigenvalue weighted by atomic mass is 32.3. The van der Waals surface area contributed by atoms with Crippen molar-refractivity contribution in [3.05, 3.63) is 119 Å². The third-order valence-electron chi connectivity index (χ3n) is 5.91. The van der Waals surface area contributed by atoms with Gasteiger partial charge in [-0.25, -0.2) is 0 Å². The number of hydrogen-bond donors (Lipinski definition) is 0. The molecule has 0 spiro atoms. The van der Waals surface area contributed by atoms with Gasteiger partial charge in [0.15, 0.2) is 0 Å². The molecular weight excluding hydrogens is 677 g/mol. The van der Waals surface area contributed by atoms with Crippen LogP contribution in [0, 0.1) is 27.7 Å². The van der Waals surface area contributed by atoms with Crippen LogP contribution in [-0.2, 0) is 52.5 Å². The maximum absolute atomic E-state index is 12.0. The molecule has 0 radical (unpaired) electrons. The second-order valence-corrected chi connectivity index (χ2v) is 16.3. The molecule has 0 fully saturated rings. The van der Waals surface area contributed by atoms with E-state index in [0.29, 0.717) is 0 Å². The summed E-state index contributed by atoms with van der Waals surface area (Å²) in [7, 11) is -14.7. The van der Waals surface area contributed by atoms with Crippen molar-refractivity contribution < 1.29 is 45.7 Å². The summed E-state index contributed by atoms with van der Waals surface area (Å²) >= 11 is 0. The molecule has 0 aliphatic rings. The van der Waals surface area contributed by atoms with E-state index in [0.717, 1.165) is 29.4 Å². The Hall–Kier alpha value is -3.44. The number of rotatable bonds is 9. The van der Waals surface area contributed by atoms with Gasteiger partial charge < -0.3 is 0 Å². The molecular formula is C31H36O11S4. The molecule has 0 heterocycles. The Bertz CT molecular complexity index is 1930. The molecule has 0 N–H and O–H groups in total. The predicted octanol–water partition coefficient (Wildman–Crippen LogP) is 5.45. The Morgan fingerprint density at radius 2 is 0.652 bits per heavy atom. The van der Waals surface area contributed by atoms with Crippen LogP contribution >= 0.6 is 0 Å². The van der Waals surface area contributed by atoms with Gasteiger partial charge in [-0.3, -0.25) is 8.37 Å². The van der Waals surface area contributed by atoms with E-state index in [1.54, 1.807) is 81.4 Å². The number of hydrogen-bond acceptors (Lipinski definition) is 11. The minimum absolute atomic E-state index is 0.163. The van der Waals surface area contributed by atoms with Crippen molar-refractivity contribution in [2.75, 3.05) is 13.7 Å². The molecule has 0 saturated carbocycles. The lowest BCUT2D eigenvalue weighted by molar-refractivity contribution is 0.338. The monoisotopic (exact) mass is 712 g/mol. The summed E-state index contributed by atoms with van der Waals surface area (Å²) in [6.07, 6.45) is 0. The Balaban J connectivity index is 0.000000255. The van der Waals surface area contributed by atoms with Crippen molar-refractivity contribution >= 4 is 40.5 Å². The first-order valence-electron chi connectivity index (χ1n) is 13.5. The van der Waals surface area contributed by atoms with E-state index in [2.05, 4.69) is 12.0 Å². The summed E-state index contributed by atoms with van der Waals surface area (Å²) in [6, 6.07) is 24.5. The molecule has 15 heteroatoms. The minimum Gasteiger partial charge on any atom is -0.270 e. The second kappa shape index (κ2) is 16.4. The summed E-state index contributed by atoms with van der Waals surface area (Å²) in [6.45, 7) is 9.18. The lowest BCUT2D eigenvalue weighted by Gasteiger charge is -2.07. The molecule has 0 aromatic heterocycles. The van der Waals surface area contributed by atoms with E-state index in [-0.39, 0.29) is 26.2 Å². The molecule has 0 saturated heterocycles. The van der Waals surface area contributed by atoms with Gasteiger partial charge in [0.05, 0.1) is 33.3 Å². The van der Waals surface area contributed by atoms with E-state index in [9.17, 15) is 33.7 Å². The van der Waals surface area contributed by atoms with Gasteiger partial charge >= 0.3 is 20.2 Å². The molecule has 4 aromatic carbocycles. The molecule has 4 rings (SSSR count). The number of aryl methyl sites for hydroxylation is 4. The van der Waals surface area contributed by atoms with Gasteiger partial charge in [0.25, 0.3) is 20.2 Å². The summed E-state index contributed by atoms with van der Waals surface area (Å²) in [4.78, 5) is -0.0110. The summed E-state index contributed by atoms with van der Waals surface area (Å²) in [5, 5.41) is 0. The molecule has 0 aliphatic heterocycles. The molecule has 11 nitrogen and oxygen atoms in total. The van der Waals surface area contributed by atoms with E-state index in [1.807, 2.05) is 13.8 Å². The van der Waals surface area contributed by atoms with Crippen molar-refractivity contribution in [2.24, 2.45) is 0 Å². The first kappa shape index (κ1) is 38.7. The average Bonchev–Trinajstić information content (AvgIpc) is 2.98. The molecule has 0 aliphatic carbocycles. The van der Waals surface area contributed by atoms with Crippen molar-refractivity contribution in [3.63, 3.8) is 0 Å². The van der Waals surface area contributed by atoms with Crippen molar-refractivity contribution in [3.8, 4) is 0 Å². The maximum Gasteiger partial charge on any atom is 0.311 e. The maximum atomic E-state index is 12.0. The van der Waals surface area contributed by atoms with Crippen LogP contribution in [0.4, 0.5) is 0 Å². The van der Waals surface area contributed by atoms with Gasteiger partial charge in [-0.1, -0.05) is 70.8 Å². The number of benzene rings is 4. The van der Waals surface area contributed by atoms with Crippen LogP contribution in [-0.4, -0.2) is 47.4 Å². The molecule has 0 bridgehead atoms. The van der Waals surface area contributed by atoms with Crippen LogP contribution in [0.1, 0.15) is 29.2 Å². The highest BCUT2D eigenvalue weighted by molar-refractivity contribution is 8.00. The van der Waals surface area contributed by atoms with E-state index in [1.165, 1.54) is 36.4 Å². The van der Waals surface area contributed by atoms with Gasteiger partial charge in [-0.15, -0.1) is 3.63 Å². The van der Waals surface area contributed by atoms with Crippen molar-refractivity contribution in [1.82, 2.24) is 0 Å². The van der Waals surface area contributed by atoms with Crippen LogP contribution in [0.5, 0.6) is 0 Å². The summed E-state index contributed by atoms with van der Waals surface area (Å²) in [5.74, 6) is 0. The highest BCUT2D eigenvalue weighted by Crippen LogP contribution is 2.21. The lowest BCUT2D eigenvalue weighted by Crippen LogP contribution is -2.14. The van der Waals surface area contributed by atoms with Crippen LogP contribution in [0.3, 0.4) is 0 Å². The predicted molar refractivity (Wildman–Crippen MR) is 173 cm³/mol. The smallest absolute Gasteiger partial charge is 0.270 e. The standard InChI is InChI=1S/C14H14O5S2.C9H12O3S.C8H10O3S/c1-11-3-7-13(8-4-11)20(15,16)19-21(17,18)14-9-5-12(2)6-10-14;1-3-12-13(10,11)9-6-4-8(2)5-7-9;1-7-3-5-8(6-4-7)12(9,10)11-2/h3-10H,1-2H3;4-7H,3H2,1-2H3;3-6H,1-2H3. The molecule has 250 valence electrons. The third-order valence-corrected chi connectivity index (χ3v) is 11.7. The molecule has 0 unspecified atom stereocenters. The van der Waals surface area contributed by atoms with Gasteiger partial charge in [0, 0.05) is 0 Å². The average molecular weight is 713 g/mol. The van der Waals surface area contributed by atoms with Gasteiger partial charge in [-0.2, -0.15) is 33.7 Å². The fraction of sp³-hybridized carbons (Fsp3) is 0.226. The van der Waals surface area contributed by atoms with Crippen molar-refractivity contribution in [1.29, 1.82) is 0 Å². The van der Waals surface area contributed by atoms with Crippen LogP contribution < -0.4 is 0 Å². The van der Waals surface area contributed by atoms with E-state index < -0.39 is 40.5 Å². The summed E-state index contributed by atoms with van der Waals surface area (Å²) in [5.41, 5.74) is 3.76. The Labute approximate surface area is 272 Å². The normalized spacial score (nSPS) is 11.9. The molecule has 46 heavy (non-hydrogen) atoms. The zero-order chi connectivity index (χ0) is 34.8. The highest BCUT2D eigenvalue weighted by Gasteiger charge is 2.26. The quantitative estimate of drug-likeness (QED) is 0.203. The SMILES string of the molecule is CCOS(=O)(=O)c1ccc(C)cc1.COS(=O)(=O)c1ccc(C)cc1.Cc1ccc(S(=O)(=O)OS(=O)(=O)c2ccc(C)cc2)cc1. The summed E-state index contributed by atoms with van der Waals surface area (Å²) < 4.78 is 106. The topological polar surface area (TPSA) is 164 Å². The molecule has 0 amide bonds. The van der Waals surface area contributed by atoms with Crippen LogP contribution in [0.15, 0.2) is 117 Å². The molecule has 0 atom stereocenters. The lowest BCUT2D eigenvalue weighted by atomic mass is 10.2. The largest absolute Gasteiger partial charge is 0.311 e. The fourth-order valence-corrected chi connectivity index (χ4v) is 7.42. The Morgan fingerprint density at radius 1 is 0.413 bits per heavy atom. The van der Waals surface area contributed by atoms with Crippen LogP contribution in [0.2, 0.25) is 0 Å². The van der Waals surface area contributed by atoms with E-state index in [4.69, 9.17) is 0 Å². The Morgan fingerprint density at radius 3 is 0.891 bits per heavy atom. The Kier molecular flexibility index (Phi) is 13.8. The zero-order valence-corrected chi connectivity index (χ0v) is 29.3. The van der Waals surface area contributed by atoms with Crippen LogP contribution in [0.25, 0.3) is 0 Å². The fourth-order valence-electron chi connectivity index (χ4n) is 3.34. The minimum atomic E-state index is -4.38.